The standard InChI is InChI=1S/C16H14F2N4O3/c1-24-15-4-2-13-19-20-14(22(13)21-15)3-5-16(23)25-9-10-6-11(17)8-12(18)7-10/h2,4,6-8H,3,5,9H2,1H3. The summed E-state index contributed by atoms with van der Waals surface area (Å²) in [6.07, 6.45) is 0.273. The molecule has 0 unspecified atom stereocenters. The van der Waals surface area contributed by atoms with E-state index in [-0.39, 0.29) is 25.0 Å². The monoisotopic (exact) mass is 348 g/mol. The number of aryl methyl sites for hydroxylation is 1. The van der Waals surface area contributed by atoms with Crippen LogP contribution < -0.4 is 4.74 Å². The molecule has 0 amide bonds. The lowest BCUT2D eigenvalue weighted by Crippen LogP contribution is -2.08. The number of esters is 1. The molecule has 25 heavy (non-hydrogen) atoms. The van der Waals surface area contributed by atoms with Crippen LogP contribution in [0, 0.1) is 11.6 Å². The lowest BCUT2D eigenvalue weighted by atomic mass is 10.2. The van der Waals surface area contributed by atoms with E-state index >= 15 is 0 Å². The highest BCUT2D eigenvalue weighted by Gasteiger charge is 2.12. The number of hydrogen-bond donors (Lipinski definition) is 0. The number of ether oxygens (including phenoxy) is 2. The van der Waals surface area contributed by atoms with Crippen molar-refractivity contribution in [2.24, 2.45) is 0 Å². The molecule has 2 heterocycles. The topological polar surface area (TPSA) is 78.6 Å². The summed E-state index contributed by atoms with van der Waals surface area (Å²) in [6, 6.07) is 6.32. The third-order valence-electron chi connectivity index (χ3n) is 3.39. The molecule has 9 heteroatoms. The van der Waals surface area contributed by atoms with Crippen molar-refractivity contribution in [3.63, 3.8) is 0 Å². The van der Waals surface area contributed by atoms with Crippen molar-refractivity contribution in [1.29, 1.82) is 0 Å². The first-order valence-electron chi connectivity index (χ1n) is 7.41. The van der Waals surface area contributed by atoms with Crippen molar-refractivity contribution in [2.45, 2.75) is 19.4 Å². The van der Waals surface area contributed by atoms with Gasteiger partial charge in [0.05, 0.1) is 13.5 Å². The van der Waals surface area contributed by atoms with Crippen molar-refractivity contribution in [2.75, 3.05) is 7.11 Å². The van der Waals surface area contributed by atoms with E-state index in [2.05, 4.69) is 15.3 Å². The van der Waals surface area contributed by atoms with Gasteiger partial charge in [0.2, 0.25) is 5.88 Å². The number of carbonyl (C=O) groups excluding carboxylic acids is 1. The van der Waals surface area contributed by atoms with E-state index in [4.69, 9.17) is 9.47 Å². The normalized spacial score (nSPS) is 10.8. The van der Waals surface area contributed by atoms with E-state index in [9.17, 15) is 13.6 Å². The third kappa shape index (κ3) is 4.06. The molecule has 0 saturated carbocycles. The van der Waals surface area contributed by atoms with Crippen LogP contribution >= 0.6 is 0 Å². The Morgan fingerprint density at radius 3 is 2.64 bits per heavy atom. The molecule has 0 atom stereocenters. The summed E-state index contributed by atoms with van der Waals surface area (Å²) in [5.41, 5.74) is 0.768. The van der Waals surface area contributed by atoms with Crippen molar-refractivity contribution in [1.82, 2.24) is 19.8 Å². The predicted octanol–water partition coefficient (Wildman–Crippen LogP) is 2.09. The van der Waals surface area contributed by atoms with E-state index < -0.39 is 17.6 Å². The molecular weight excluding hydrogens is 334 g/mol. The van der Waals surface area contributed by atoms with Gasteiger partial charge in [0.25, 0.3) is 0 Å². The van der Waals surface area contributed by atoms with Crippen LogP contribution in [0.15, 0.2) is 30.3 Å². The molecule has 0 radical (unpaired) electrons. The maximum absolute atomic E-state index is 13.1. The first-order valence-corrected chi connectivity index (χ1v) is 7.41. The van der Waals surface area contributed by atoms with Crippen molar-refractivity contribution in [3.8, 4) is 5.88 Å². The van der Waals surface area contributed by atoms with Crippen molar-refractivity contribution >= 4 is 11.6 Å². The molecule has 3 aromatic rings. The summed E-state index contributed by atoms with van der Waals surface area (Å²) >= 11 is 0. The summed E-state index contributed by atoms with van der Waals surface area (Å²) in [4.78, 5) is 11.8. The van der Waals surface area contributed by atoms with Gasteiger partial charge >= 0.3 is 5.97 Å². The zero-order valence-corrected chi connectivity index (χ0v) is 13.3. The molecule has 1 aromatic carbocycles. The molecule has 0 bridgehead atoms. The summed E-state index contributed by atoms with van der Waals surface area (Å²) in [5.74, 6) is -1.10. The van der Waals surface area contributed by atoms with Gasteiger partial charge < -0.3 is 9.47 Å². The third-order valence-corrected chi connectivity index (χ3v) is 3.39. The molecule has 130 valence electrons. The summed E-state index contributed by atoms with van der Waals surface area (Å²) in [6.45, 7) is -0.208. The molecule has 7 nitrogen and oxygen atoms in total. The molecule has 0 aliphatic rings. The summed E-state index contributed by atoms with van der Waals surface area (Å²) < 4.78 is 37.7. The fourth-order valence-corrected chi connectivity index (χ4v) is 2.23. The van der Waals surface area contributed by atoms with Crippen LogP contribution in [-0.4, -0.2) is 32.9 Å². The molecule has 0 N–H and O–H groups in total. The Labute approximate surface area is 141 Å². The highest BCUT2D eigenvalue weighted by atomic mass is 19.1. The van der Waals surface area contributed by atoms with Crippen molar-refractivity contribution < 1.29 is 23.0 Å². The highest BCUT2D eigenvalue weighted by Crippen LogP contribution is 2.12. The van der Waals surface area contributed by atoms with E-state index in [1.807, 2.05) is 0 Å². The Hall–Kier alpha value is -3.10. The first kappa shape index (κ1) is 16.7. The van der Waals surface area contributed by atoms with E-state index in [1.165, 1.54) is 11.6 Å². The smallest absolute Gasteiger partial charge is 0.306 e. The quantitative estimate of drug-likeness (QED) is 0.635. The fraction of sp³-hybridized carbons (Fsp3) is 0.250. The van der Waals surface area contributed by atoms with Crippen LogP contribution in [-0.2, 0) is 22.6 Å². The average molecular weight is 348 g/mol. The minimum atomic E-state index is -0.721. The van der Waals surface area contributed by atoms with Gasteiger partial charge in [0, 0.05) is 18.6 Å². The second kappa shape index (κ2) is 7.20. The number of nitrogens with zero attached hydrogens (tertiary/aromatic N) is 4. The number of halogens is 2. The molecule has 0 spiro atoms. The SMILES string of the molecule is COc1ccc2nnc(CCC(=O)OCc3cc(F)cc(F)c3)n2n1. The van der Waals surface area contributed by atoms with E-state index in [0.717, 1.165) is 18.2 Å². The number of benzene rings is 1. The largest absolute Gasteiger partial charge is 0.480 e. The minimum absolute atomic E-state index is 0.0253. The van der Waals surface area contributed by atoms with Crippen molar-refractivity contribution in [3.05, 3.63) is 53.4 Å². The van der Waals surface area contributed by atoms with Crippen LogP contribution in [0.3, 0.4) is 0 Å². The molecular formula is C16H14F2N4O3. The molecule has 0 aliphatic heterocycles. The van der Waals surface area contributed by atoms with Gasteiger partial charge in [-0.1, -0.05) is 0 Å². The van der Waals surface area contributed by atoms with Crippen LogP contribution in [0.4, 0.5) is 8.78 Å². The van der Waals surface area contributed by atoms with Gasteiger partial charge in [-0.2, -0.15) is 4.52 Å². The van der Waals surface area contributed by atoms with Crippen LogP contribution in [0.25, 0.3) is 5.65 Å². The van der Waals surface area contributed by atoms with Gasteiger partial charge in [-0.15, -0.1) is 15.3 Å². The van der Waals surface area contributed by atoms with Gasteiger partial charge in [-0.25, -0.2) is 8.78 Å². The Bertz CT molecular complexity index is 893. The Morgan fingerprint density at radius 1 is 1.16 bits per heavy atom. The number of fused-ring (bicyclic) bond motifs is 1. The minimum Gasteiger partial charge on any atom is -0.480 e. The Kier molecular flexibility index (Phi) is 4.82. The van der Waals surface area contributed by atoms with Crippen LogP contribution in [0.1, 0.15) is 17.8 Å². The van der Waals surface area contributed by atoms with E-state index in [0.29, 0.717) is 17.4 Å². The summed E-state index contributed by atoms with van der Waals surface area (Å²) in [7, 11) is 1.49. The van der Waals surface area contributed by atoms with Gasteiger partial charge in [-0.05, 0) is 23.8 Å². The molecule has 0 aliphatic carbocycles. The molecule has 0 fully saturated rings. The Balaban J connectivity index is 1.59. The van der Waals surface area contributed by atoms with E-state index in [1.54, 1.807) is 12.1 Å². The van der Waals surface area contributed by atoms with Gasteiger partial charge in [0.15, 0.2) is 11.5 Å². The van der Waals surface area contributed by atoms with Gasteiger partial charge in [0.1, 0.15) is 18.2 Å². The summed E-state index contributed by atoms with van der Waals surface area (Å²) in [5, 5.41) is 12.1. The maximum atomic E-state index is 13.1. The number of methoxy groups -OCH3 is 1. The Morgan fingerprint density at radius 2 is 1.92 bits per heavy atom. The van der Waals surface area contributed by atoms with Crippen LogP contribution in [0.2, 0.25) is 0 Å². The van der Waals surface area contributed by atoms with Gasteiger partial charge in [-0.3, -0.25) is 4.79 Å². The first-order chi connectivity index (χ1) is 12.0. The highest BCUT2D eigenvalue weighted by molar-refractivity contribution is 5.69. The predicted molar refractivity (Wildman–Crippen MR) is 81.8 cm³/mol. The second-order valence-corrected chi connectivity index (χ2v) is 5.20. The zero-order valence-electron chi connectivity index (χ0n) is 13.3. The lowest BCUT2D eigenvalue weighted by molar-refractivity contribution is -0.144. The fourth-order valence-electron chi connectivity index (χ4n) is 2.23. The lowest BCUT2D eigenvalue weighted by Gasteiger charge is -2.05. The van der Waals surface area contributed by atoms with Crippen LogP contribution in [0.5, 0.6) is 5.88 Å². The zero-order chi connectivity index (χ0) is 17.8. The molecule has 0 saturated heterocycles. The molecule has 2 aromatic heterocycles. The number of rotatable bonds is 6. The average Bonchev–Trinajstić information content (AvgIpc) is 2.99. The number of hydrogen-bond acceptors (Lipinski definition) is 6. The maximum Gasteiger partial charge on any atom is 0.306 e. The number of carbonyl (C=O) groups is 1. The number of aromatic nitrogens is 4. The second-order valence-electron chi connectivity index (χ2n) is 5.20. The molecule has 3 rings (SSSR count).